The highest BCUT2D eigenvalue weighted by atomic mass is 16.2. The fourth-order valence-corrected chi connectivity index (χ4v) is 1.89. The average Bonchev–Trinajstić information content (AvgIpc) is 2.48. The third-order valence-corrected chi connectivity index (χ3v) is 3.06. The minimum atomic E-state index is -0.159. The van der Waals surface area contributed by atoms with Crippen LogP contribution in [0.25, 0.3) is 0 Å². The van der Waals surface area contributed by atoms with Gasteiger partial charge >= 0.3 is 0 Å². The van der Waals surface area contributed by atoms with Gasteiger partial charge in [0.15, 0.2) is 5.69 Å². The predicted molar refractivity (Wildman–Crippen MR) is 82.1 cm³/mol. The second-order valence-corrected chi connectivity index (χ2v) is 4.97. The Morgan fingerprint density at radius 3 is 2.71 bits per heavy atom. The van der Waals surface area contributed by atoms with Gasteiger partial charge in [0.1, 0.15) is 5.82 Å². The zero-order valence-electron chi connectivity index (χ0n) is 13.2. The Balaban J connectivity index is 3.14. The first-order chi connectivity index (χ1) is 10.0. The van der Waals surface area contributed by atoms with Gasteiger partial charge in [0.25, 0.3) is 5.91 Å². The van der Waals surface area contributed by atoms with Gasteiger partial charge in [-0.1, -0.05) is 13.8 Å². The van der Waals surface area contributed by atoms with Crippen LogP contribution in [0.1, 0.15) is 56.3 Å². The van der Waals surface area contributed by atoms with Crippen molar-refractivity contribution in [2.45, 2.75) is 40.0 Å². The zero-order chi connectivity index (χ0) is 15.8. The van der Waals surface area contributed by atoms with Crippen LogP contribution in [0, 0.1) is 11.3 Å². The zero-order valence-corrected chi connectivity index (χ0v) is 13.2. The summed E-state index contributed by atoms with van der Waals surface area (Å²) in [5, 5.41) is 11.8. The smallest absolute Gasteiger partial charge is 0.274 e. The molecule has 0 unspecified atom stereocenters. The van der Waals surface area contributed by atoms with Gasteiger partial charge in [-0.25, -0.2) is 9.97 Å². The fourth-order valence-electron chi connectivity index (χ4n) is 1.89. The summed E-state index contributed by atoms with van der Waals surface area (Å²) in [4.78, 5) is 23.0. The second-order valence-electron chi connectivity index (χ2n) is 4.97. The average molecular weight is 289 g/mol. The van der Waals surface area contributed by atoms with Crippen molar-refractivity contribution in [3.8, 4) is 6.07 Å². The standard InChI is InChI=1S/C15H23N5O/c1-5-17-12-10-18-14(11(3)4)19-13(12)15(21)20(6-2)9-7-8-16/h10-11,17H,5-7,9H2,1-4H3. The molecule has 21 heavy (non-hydrogen) atoms. The number of hydrogen-bond acceptors (Lipinski definition) is 5. The lowest BCUT2D eigenvalue weighted by Crippen LogP contribution is -2.33. The SMILES string of the molecule is CCNc1cnc(C(C)C)nc1C(=O)N(CC)CCC#N. The third kappa shape index (κ3) is 4.42. The van der Waals surface area contributed by atoms with Crippen LogP contribution in [0.2, 0.25) is 0 Å². The second kappa shape index (κ2) is 8.20. The first-order valence-electron chi connectivity index (χ1n) is 7.32. The van der Waals surface area contributed by atoms with Crippen LogP contribution in [0.4, 0.5) is 5.69 Å². The van der Waals surface area contributed by atoms with Crippen molar-refractivity contribution >= 4 is 11.6 Å². The Morgan fingerprint density at radius 1 is 1.48 bits per heavy atom. The highest BCUT2D eigenvalue weighted by Gasteiger charge is 2.21. The molecule has 0 fully saturated rings. The van der Waals surface area contributed by atoms with Gasteiger partial charge in [0, 0.05) is 25.6 Å². The minimum absolute atomic E-state index is 0.154. The summed E-state index contributed by atoms with van der Waals surface area (Å²) in [6.45, 7) is 9.48. The lowest BCUT2D eigenvalue weighted by atomic mass is 10.2. The molecule has 6 nitrogen and oxygen atoms in total. The van der Waals surface area contributed by atoms with Crippen LogP contribution in [0.5, 0.6) is 0 Å². The number of rotatable bonds is 7. The first-order valence-corrected chi connectivity index (χ1v) is 7.32. The molecular formula is C15H23N5O. The van der Waals surface area contributed by atoms with E-state index in [0.29, 0.717) is 43.3 Å². The number of aromatic nitrogens is 2. The molecule has 0 aliphatic heterocycles. The van der Waals surface area contributed by atoms with E-state index in [2.05, 4.69) is 21.4 Å². The lowest BCUT2D eigenvalue weighted by molar-refractivity contribution is 0.0762. The highest BCUT2D eigenvalue weighted by molar-refractivity contribution is 5.97. The Kier molecular flexibility index (Phi) is 6.60. The number of amides is 1. The van der Waals surface area contributed by atoms with Crippen molar-refractivity contribution in [3.63, 3.8) is 0 Å². The summed E-state index contributed by atoms with van der Waals surface area (Å²) in [6.07, 6.45) is 1.98. The number of nitrogens with zero attached hydrogens (tertiary/aromatic N) is 4. The monoisotopic (exact) mass is 289 g/mol. The Bertz CT molecular complexity index is 521. The van der Waals surface area contributed by atoms with Gasteiger partial charge in [-0.15, -0.1) is 0 Å². The molecule has 1 aromatic rings. The lowest BCUT2D eigenvalue weighted by Gasteiger charge is -2.21. The first kappa shape index (κ1) is 16.9. The van der Waals surface area contributed by atoms with Crippen LogP contribution in [0.15, 0.2) is 6.20 Å². The number of carbonyl (C=O) groups excluding carboxylic acids is 1. The van der Waals surface area contributed by atoms with Crippen LogP contribution in [0.3, 0.4) is 0 Å². The quantitative estimate of drug-likeness (QED) is 0.833. The normalized spacial score (nSPS) is 10.3. The largest absolute Gasteiger partial charge is 0.382 e. The molecule has 0 bridgehead atoms. The topological polar surface area (TPSA) is 81.9 Å². The summed E-state index contributed by atoms with van der Waals surface area (Å²) in [7, 11) is 0. The van der Waals surface area contributed by atoms with Crippen molar-refractivity contribution in [1.82, 2.24) is 14.9 Å². The molecule has 1 N–H and O–H groups in total. The van der Waals surface area contributed by atoms with Crippen molar-refractivity contribution in [2.24, 2.45) is 0 Å². The van der Waals surface area contributed by atoms with Crippen molar-refractivity contribution < 1.29 is 4.79 Å². The van der Waals surface area contributed by atoms with Gasteiger partial charge in [-0.2, -0.15) is 5.26 Å². The van der Waals surface area contributed by atoms with Gasteiger partial charge in [0.2, 0.25) is 0 Å². The number of hydrogen-bond donors (Lipinski definition) is 1. The molecule has 114 valence electrons. The number of carbonyl (C=O) groups is 1. The maximum absolute atomic E-state index is 12.6. The van der Waals surface area contributed by atoms with E-state index in [-0.39, 0.29) is 11.8 Å². The molecule has 1 heterocycles. The van der Waals surface area contributed by atoms with Crippen LogP contribution < -0.4 is 5.32 Å². The molecular weight excluding hydrogens is 266 g/mol. The molecule has 6 heteroatoms. The summed E-state index contributed by atoms with van der Waals surface area (Å²) < 4.78 is 0. The molecule has 0 atom stereocenters. The van der Waals surface area contributed by atoms with E-state index in [1.165, 1.54) is 0 Å². The van der Waals surface area contributed by atoms with Gasteiger partial charge < -0.3 is 10.2 Å². The van der Waals surface area contributed by atoms with Crippen molar-refractivity contribution in [1.29, 1.82) is 5.26 Å². The van der Waals surface area contributed by atoms with E-state index in [1.54, 1.807) is 11.1 Å². The molecule has 0 aliphatic rings. The molecule has 1 rings (SSSR count). The van der Waals surface area contributed by atoms with E-state index >= 15 is 0 Å². The molecule has 0 radical (unpaired) electrons. The Hall–Kier alpha value is -2.16. The van der Waals surface area contributed by atoms with Crippen molar-refractivity contribution in [3.05, 3.63) is 17.7 Å². The predicted octanol–water partition coefficient (Wildman–Crippen LogP) is 2.41. The number of anilines is 1. The van der Waals surface area contributed by atoms with E-state index < -0.39 is 0 Å². The summed E-state index contributed by atoms with van der Waals surface area (Å²) in [5.74, 6) is 0.644. The van der Waals surface area contributed by atoms with Crippen LogP contribution in [-0.4, -0.2) is 40.4 Å². The molecule has 1 amide bonds. The maximum atomic E-state index is 12.6. The van der Waals surface area contributed by atoms with Gasteiger partial charge in [-0.3, -0.25) is 4.79 Å². The number of nitriles is 1. The Labute approximate surface area is 126 Å². The van der Waals surface area contributed by atoms with Crippen molar-refractivity contribution in [2.75, 3.05) is 25.0 Å². The molecule has 1 aromatic heterocycles. The molecule has 0 spiro atoms. The van der Waals surface area contributed by atoms with E-state index in [0.717, 1.165) is 0 Å². The fraction of sp³-hybridized carbons (Fsp3) is 0.600. The van der Waals surface area contributed by atoms with Crippen LogP contribution >= 0.6 is 0 Å². The number of nitrogens with one attached hydrogen (secondary N) is 1. The highest BCUT2D eigenvalue weighted by Crippen LogP contribution is 2.18. The third-order valence-electron chi connectivity index (χ3n) is 3.06. The maximum Gasteiger partial charge on any atom is 0.274 e. The van der Waals surface area contributed by atoms with Gasteiger partial charge in [-0.05, 0) is 13.8 Å². The summed E-state index contributed by atoms with van der Waals surface area (Å²) >= 11 is 0. The molecule has 0 saturated carbocycles. The van der Waals surface area contributed by atoms with E-state index in [1.807, 2.05) is 27.7 Å². The molecule has 0 aromatic carbocycles. The summed E-state index contributed by atoms with van der Waals surface area (Å²) in [5.41, 5.74) is 1.03. The van der Waals surface area contributed by atoms with E-state index in [4.69, 9.17) is 5.26 Å². The van der Waals surface area contributed by atoms with Crippen LogP contribution in [-0.2, 0) is 0 Å². The van der Waals surface area contributed by atoms with Gasteiger partial charge in [0.05, 0.1) is 24.4 Å². The minimum Gasteiger partial charge on any atom is -0.382 e. The Morgan fingerprint density at radius 2 is 2.19 bits per heavy atom. The molecule has 0 saturated heterocycles. The van der Waals surface area contributed by atoms with E-state index in [9.17, 15) is 4.79 Å². The molecule has 0 aliphatic carbocycles. The summed E-state index contributed by atoms with van der Waals surface area (Å²) in [6, 6.07) is 2.07.